The molecule has 1 N–H and O–H groups in total. The highest BCUT2D eigenvalue weighted by Crippen LogP contribution is 2.34. The molecule has 1 atom stereocenters. The van der Waals surface area contributed by atoms with Crippen molar-refractivity contribution in [1.29, 1.82) is 0 Å². The first kappa shape index (κ1) is 14.6. The Bertz CT molecular complexity index is 492. The number of piperidine rings is 1. The minimum Gasteiger partial charge on any atom is -0.481 e. The first-order valence-corrected chi connectivity index (χ1v) is 6.88. The fourth-order valence-corrected chi connectivity index (χ4v) is 2.44. The molecule has 1 fully saturated rings. The second-order valence-electron chi connectivity index (χ2n) is 5.74. The number of aromatic nitrogens is 2. The van der Waals surface area contributed by atoms with Gasteiger partial charge in [-0.15, -0.1) is 0 Å². The van der Waals surface area contributed by atoms with Gasteiger partial charge >= 0.3 is 5.97 Å². The minimum absolute atomic E-state index is 0.00102. The van der Waals surface area contributed by atoms with Crippen LogP contribution in [-0.4, -0.2) is 40.2 Å². The molecule has 0 aliphatic carbocycles. The number of carbonyl (C=O) groups is 1. The van der Waals surface area contributed by atoms with Crippen LogP contribution < -0.4 is 9.64 Å². The van der Waals surface area contributed by atoms with E-state index in [2.05, 4.69) is 9.97 Å². The molecule has 0 amide bonds. The summed E-state index contributed by atoms with van der Waals surface area (Å²) in [6.45, 7) is 6.83. The molecule has 0 saturated carbocycles. The zero-order valence-corrected chi connectivity index (χ0v) is 12.2. The highest BCUT2D eigenvalue weighted by Gasteiger charge is 2.39. The monoisotopic (exact) mass is 279 g/mol. The van der Waals surface area contributed by atoms with E-state index < -0.39 is 11.4 Å². The van der Waals surface area contributed by atoms with Crippen LogP contribution >= 0.6 is 0 Å². The average molecular weight is 279 g/mol. The zero-order valence-electron chi connectivity index (χ0n) is 12.2. The SMILES string of the molecule is CC(C)Oc1nccnc1N1CCCC(C)(C(=O)O)C1. The van der Waals surface area contributed by atoms with Crippen molar-refractivity contribution in [3.8, 4) is 5.88 Å². The number of anilines is 1. The van der Waals surface area contributed by atoms with Crippen molar-refractivity contribution >= 4 is 11.8 Å². The fraction of sp³-hybridized carbons (Fsp3) is 0.643. The minimum atomic E-state index is -0.766. The smallest absolute Gasteiger partial charge is 0.311 e. The van der Waals surface area contributed by atoms with Crippen LogP contribution in [0.3, 0.4) is 0 Å². The average Bonchev–Trinajstić information content (AvgIpc) is 2.38. The predicted molar refractivity (Wildman–Crippen MR) is 75.0 cm³/mol. The van der Waals surface area contributed by atoms with Crippen molar-refractivity contribution in [2.24, 2.45) is 5.41 Å². The van der Waals surface area contributed by atoms with E-state index in [1.807, 2.05) is 18.7 Å². The third kappa shape index (κ3) is 3.00. The molecule has 0 aromatic carbocycles. The predicted octanol–water partition coefficient (Wildman–Crippen LogP) is 1.95. The standard InChI is InChI=1S/C14H21N3O3/c1-10(2)20-12-11(15-6-7-16-12)17-8-4-5-14(3,9-17)13(18)19/h6-7,10H,4-5,8-9H2,1-3H3,(H,18,19). The molecule has 1 aliphatic heterocycles. The number of nitrogens with zero attached hydrogens (tertiary/aromatic N) is 3. The highest BCUT2D eigenvalue weighted by molar-refractivity contribution is 5.75. The van der Waals surface area contributed by atoms with Gasteiger partial charge in [-0.3, -0.25) is 4.79 Å². The molecule has 1 aliphatic rings. The largest absolute Gasteiger partial charge is 0.481 e. The molecule has 1 aromatic heterocycles. The second-order valence-corrected chi connectivity index (χ2v) is 5.74. The van der Waals surface area contributed by atoms with Gasteiger partial charge in [0.25, 0.3) is 5.88 Å². The Morgan fingerprint density at radius 1 is 1.45 bits per heavy atom. The molecule has 6 heteroatoms. The van der Waals surface area contributed by atoms with E-state index in [4.69, 9.17) is 4.74 Å². The van der Waals surface area contributed by atoms with Gasteiger partial charge in [-0.25, -0.2) is 9.97 Å². The van der Waals surface area contributed by atoms with E-state index in [-0.39, 0.29) is 6.10 Å². The third-order valence-corrected chi connectivity index (χ3v) is 3.51. The van der Waals surface area contributed by atoms with Crippen molar-refractivity contribution in [1.82, 2.24) is 9.97 Å². The molecule has 0 bridgehead atoms. The first-order valence-electron chi connectivity index (χ1n) is 6.88. The molecule has 1 unspecified atom stereocenters. The van der Waals surface area contributed by atoms with Crippen LogP contribution in [0.2, 0.25) is 0 Å². The van der Waals surface area contributed by atoms with Gasteiger partial charge in [0.1, 0.15) is 0 Å². The van der Waals surface area contributed by atoms with Crippen molar-refractivity contribution in [3.63, 3.8) is 0 Å². The van der Waals surface area contributed by atoms with Crippen LogP contribution in [-0.2, 0) is 4.79 Å². The molecule has 2 rings (SSSR count). The van der Waals surface area contributed by atoms with E-state index in [1.165, 1.54) is 0 Å². The molecular weight excluding hydrogens is 258 g/mol. The van der Waals surface area contributed by atoms with Crippen LogP contribution in [0.4, 0.5) is 5.82 Å². The van der Waals surface area contributed by atoms with Gasteiger partial charge < -0.3 is 14.7 Å². The maximum Gasteiger partial charge on any atom is 0.311 e. The van der Waals surface area contributed by atoms with Crippen molar-refractivity contribution in [2.45, 2.75) is 39.7 Å². The van der Waals surface area contributed by atoms with E-state index in [9.17, 15) is 9.90 Å². The van der Waals surface area contributed by atoms with Gasteiger partial charge in [0, 0.05) is 25.5 Å². The van der Waals surface area contributed by atoms with Crippen LogP contribution in [0, 0.1) is 5.41 Å². The molecule has 20 heavy (non-hydrogen) atoms. The highest BCUT2D eigenvalue weighted by atomic mass is 16.5. The fourth-order valence-electron chi connectivity index (χ4n) is 2.44. The van der Waals surface area contributed by atoms with Crippen molar-refractivity contribution < 1.29 is 14.6 Å². The molecule has 0 spiro atoms. The number of carboxylic acids is 1. The zero-order chi connectivity index (χ0) is 14.8. The van der Waals surface area contributed by atoms with Gasteiger partial charge in [-0.1, -0.05) is 0 Å². The topological polar surface area (TPSA) is 75.6 Å². The van der Waals surface area contributed by atoms with E-state index in [1.54, 1.807) is 19.3 Å². The summed E-state index contributed by atoms with van der Waals surface area (Å²) in [5.41, 5.74) is -0.745. The van der Waals surface area contributed by atoms with Crippen molar-refractivity contribution in [2.75, 3.05) is 18.0 Å². The lowest BCUT2D eigenvalue weighted by molar-refractivity contribution is -0.148. The van der Waals surface area contributed by atoms with Crippen LogP contribution in [0.25, 0.3) is 0 Å². The molecule has 2 heterocycles. The van der Waals surface area contributed by atoms with E-state index in [0.29, 0.717) is 24.7 Å². The Morgan fingerprint density at radius 2 is 2.15 bits per heavy atom. The Morgan fingerprint density at radius 3 is 2.80 bits per heavy atom. The van der Waals surface area contributed by atoms with Crippen LogP contribution in [0.15, 0.2) is 12.4 Å². The van der Waals surface area contributed by atoms with Crippen LogP contribution in [0.1, 0.15) is 33.6 Å². The number of hydrogen-bond donors (Lipinski definition) is 1. The summed E-state index contributed by atoms with van der Waals surface area (Å²) in [4.78, 5) is 21.9. The van der Waals surface area contributed by atoms with Crippen molar-refractivity contribution in [3.05, 3.63) is 12.4 Å². The molecule has 1 aromatic rings. The van der Waals surface area contributed by atoms with Gasteiger partial charge in [0.2, 0.25) is 0 Å². The summed E-state index contributed by atoms with van der Waals surface area (Å²) in [7, 11) is 0. The Kier molecular flexibility index (Phi) is 4.11. The van der Waals surface area contributed by atoms with E-state index >= 15 is 0 Å². The van der Waals surface area contributed by atoms with Gasteiger partial charge in [-0.05, 0) is 33.6 Å². The Labute approximate surface area is 118 Å². The first-order chi connectivity index (χ1) is 9.42. The number of aliphatic carboxylic acids is 1. The lowest BCUT2D eigenvalue weighted by Crippen LogP contribution is -2.46. The normalized spacial score (nSPS) is 22.9. The number of carboxylic acid groups (broad SMARTS) is 1. The Balaban J connectivity index is 2.25. The van der Waals surface area contributed by atoms with E-state index in [0.717, 1.165) is 13.0 Å². The Hall–Kier alpha value is -1.85. The second kappa shape index (κ2) is 5.64. The van der Waals surface area contributed by atoms with Gasteiger partial charge in [0.15, 0.2) is 5.82 Å². The maximum absolute atomic E-state index is 11.4. The summed E-state index contributed by atoms with van der Waals surface area (Å²) in [5.74, 6) is 0.336. The molecule has 1 saturated heterocycles. The summed E-state index contributed by atoms with van der Waals surface area (Å²) in [6.07, 6.45) is 4.69. The summed E-state index contributed by atoms with van der Waals surface area (Å²) >= 11 is 0. The van der Waals surface area contributed by atoms with Gasteiger partial charge in [-0.2, -0.15) is 0 Å². The van der Waals surface area contributed by atoms with Gasteiger partial charge in [0.05, 0.1) is 11.5 Å². The molecular formula is C14H21N3O3. The maximum atomic E-state index is 11.4. The summed E-state index contributed by atoms with van der Waals surface area (Å²) in [6, 6.07) is 0. The lowest BCUT2D eigenvalue weighted by atomic mass is 9.82. The number of rotatable bonds is 4. The molecule has 0 radical (unpaired) electrons. The summed E-state index contributed by atoms with van der Waals surface area (Å²) < 4.78 is 5.66. The van der Waals surface area contributed by atoms with Crippen LogP contribution in [0.5, 0.6) is 5.88 Å². The summed E-state index contributed by atoms with van der Waals surface area (Å²) in [5, 5.41) is 9.38. The lowest BCUT2D eigenvalue weighted by Gasteiger charge is -2.38. The molecule has 6 nitrogen and oxygen atoms in total. The molecule has 110 valence electrons. The quantitative estimate of drug-likeness (QED) is 0.908. The number of ether oxygens (including phenoxy) is 1. The third-order valence-electron chi connectivity index (χ3n) is 3.51. The number of hydrogen-bond acceptors (Lipinski definition) is 5.